The van der Waals surface area contributed by atoms with Crippen LogP contribution in [-0.2, 0) is 17.2 Å². The first-order valence-electron chi connectivity index (χ1n) is 13.3. The predicted octanol–water partition coefficient (Wildman–Crippen LogP) is 8.87. The number of benzene rings is 3. The Bertz CT molecular complexity index is 1160. The van der Waals surface area contributed by atoms with E-state index in [1.54, 1.807) is 6.92 Å². The first kappa shape index (κ1) is 28.1. The Kier molecular flexibility index (Phi) is 9.53. The summed E-state index contributed by atoms with van der Waals surface area (Å²) in [5.41, 5.74) is 5.87. The van der Waals surface area contributed by atoms with Gasteiger partial charge in [-0.05, 0) is 54.1 Å². The Morgan fingerprint density at radius 2 is 1.61 bits per heavy atom. The SMILES string of the molecule is CCCCC(CC)(Pc1ccccc1C(C)=O)c1cc(C(C)(C)C)cc(C)c1OCc1ccccc1. The number of Topliss-reactive ketones (excluding diaryl/α,β-unsaturated/α-hetero) is 1. The third-order valence-electron chi connectivity index (χ3n) is 7.12. The molecule has 2 atom stereocenters. The van der Waals surface area contributed by atoms with E-state index in [4.69, 9.17) is 4.74 Å². The summed E-state index contributed by atoms with van der Waals surface area (Å²) in [6.45, 7) is 15.8. The van der Waals surface area contributed by atoms with Gasteiger partial charge in [0.25, 0.3) is 0 Å². The van der Waals surface area contributed by atoms with Crippen LogP contribution in [0.5, 0.6) is 5.75 Å². The third-order valence-corrected chi connectivity index (χ3v) is 9.18. The minimum Gasteiger partial charge on any atom is -0.488 e. The van der Waals surface area contributed by atoms with E-state index in [9.17, 15) is 4.79 Å². The molecular weight excluding hydrogens is 459 g/mol. The van der Waals surface area contributed by atoms with E-state index in [1.807, 2.05) is 18.2 Å². The Labute approximate surface area is 220 Å². The summed E-state index contributed by atoms with van der Waals surface area (Å²) in [7, 11) is 0.487. The zero-order valence-corrected chi connectivity index (χ0v) is 24.2. The summed E-state index contributed by atoms with van der Waals surface area (Å²) in [4.78, 5) is 12.5. The van der Waals surface area contributed by atoms with Crippen LogP contribution in [-0.4, -0.2) is 5.78 Å². The molecule has 3 aromatic rings. The lowest BCUT2D eigenvalue weighted by molar-refractivity contribution is 0.101. The molecule has 2 nitrogen and oxygen atoms in total. The van der Waals surface area contributed by atoms with E-state index in [0.717, 1.165) is 42.3 Å². The van der Waals surface area contributed by atoms with E-state index in [1.165, 1.54) is 22.3 Å². The molecule has 3 aromatic carbocycles. The van der Waals surface area contributed by atoms with Crippen molar-refractivity contribution in [1.82, 2.24) is 0 Å². The standard InChI is InChI=1S/C33H43O2P/c1-8-10-20-33(9-2,36-30-19-15-14-18-28(30)25(4)34)29-22-27(32(5,6)7)21-24(3)31(29)35-23-26-16-12-11-13-17-26/h11-19,21-22,36H,8-10,20,23H2,1-7H3. The fourth-order valence-corrected chi connectivity index (χ4v) is 6.73. The molecule has 0 spiro atoms. The van der Waals surface area contributed by atoms with Gasteiger partial charge in [0, 0.05) is 16.3 Å². The number of carbonyl (C=O) groups excluding carboxylic acids is 1. The molecular formula is C33H43O2P. The first-order chi connectivity index (χ1) is 17.1. The van der Waals surface area contributed by atoms with E-state index >= 15 is 0 Å². The van der Waals surface area contributed by atoms with Gasteiger partial charge in [0.1, 0.15) is 12.4 Å². The van der Waals surface area contributed by atoms with Gasteiger partial charge >= 0.3 is 0 Å². The maximum atomic E-state index is 12.5. The van der Waals surface area contributed by atoms with Crippen LogP contribution in [0.2, 0.25) is 0 Å². The second-order valence-electron chi connectivity index (χ2n) is 11.0. The first-order valence-corrected chi connectivity index (χ1v) is 14.3. The van der Waals surface area contributed by atoms with Crippen molar-refractivity contribution < 1.29 is 9.53 Å². The van der Waals surface area contributed by atoms with E-state index in [-0.39, 0.29) is 16.4 Å². The highest BCUT2D eigenvalue weighted by molar-refractivity contribution is 7.48. The topological polar surface area (TPSA) is 26.3 Å². The second-order valence-corrected chi connectivity index (χ2v) is 12.7. The molecule has 0 bridgehead atoms. The lowest BCUT2D eigenvalue weighted by Crippen LogP contribution is -2.27. The number of hydrogen-bond acceptors (Lipinski definition) is 2. The number of ketones is 1. The highest BCUT2D eigenvalue weighted by Crippen LogP contribution is 2.53. The van der Waals surface area contributed by atoms with Crippen molar-refractivity contribution in [3.63, 3.8) is 0 Å². The van der Waals surface area contributed by atoms with Gasteiger partial charge < -0.3 is 4.74 Å². The highest BCUT2D eigenvalue weighted by Gasteiger charge is 2.36. The van der Waals surface area contributed by atoms with Crippen LogP contribution < -0.4 is 10.0 Å². The van der Waals surface area contributed by atoms with E-state index in [0.29, 0.717) is 15.2 Å². The summed E-state index contributed by atoms with van der Waals surface area (Å²) in [5, 5.41) is 1.07. The molecule has 0 N–H and O–H groups in total. The lowest BCUT2D eigenvalue weighted by atomic mass is 9.80. The maximum absolute atomic E-state index is 12.5. The van der Waals surface area contributed by atoms with Crippen molar-refractivity contribution in [2.24, 2.45) is 0 Å². The van der Waals surface area contributed by atoms with E-state index < -0.39 is 0 Å². The van der Waals surface area contributed by atoms with Crippen LogP contribution >= 0.6 is 8.58 Å². The molecule has 0 saturated heterocycles. The normalized spacial score (nSPS) is 13.6. The molecule has 0 radical (unpaired) electrons. The van der Waals surface area contributed by atoms with Crippen molar-refractivity contribution >= 4 is 19.7 Å². The number of rotatable bonds is 11. The zero-order chi connectivity index (χ0) is 26.3. The molecule has 0 aliphatic heterocycles. The molecule has 0 amide bonds. The van der Waals surface area contributed by atoms with Crippen LogP contribution in [0, 0.1) is 6.92 Å². The molecule has 0 heterocycles. The van der Waals surface area contributed by atoms with Gasteiger partial charge in [0.15, 0.2) is 5.78 Å². The molecule has 0 aliphatic carbocycles. The molecule has 0 aromatic heterocycles. The molecule has 3 heteroatoms. The summed E-state index contributed by atoms with van der Waals surface area (Å²) in [6.07, 6.45) is 4.34. The van der Waals surface area contributed by atoms with Gasteiger partial charge in [-0.1, -0.05) is 123 Å². The Hall–Kier alpha value is -2.44. The molecule has 2 unspecified atom stereocenters. The fourth-order valence-electron chi connectivity index (χ4n) is 4.84. The highest BCUT2D eigenvalue weighted by atomic mass is 31.1. The van der Waals surface area contributed by atoms with Gasteiger partial charge in [-0.15, -0.1) is 0 Å². The quantitative estimate of drug-likeness (QED) is 0.193. The molecule has 192 valence electrons. The Balaban J connectivity index is 2.21. The van der Waals surface area contributed by atoms with Crippen molar-refractivity contribution in [2.45, 2.75) is 91.3 Å². The molecule has 36 heavy (non-hydrogen) atoms. The Morgan fingerprint density at radius 3 is 2.22 bits per heavy atom. The average Bonchev–Trinajstić information content (AvgIpc) is 2.85. The van der Waals surface area contributed by atoms with Crippen LogP contribution in [0.3, 0.4) is 0 Å². The largest absolute Gasteiger partial charge is 0.488 e. The summed E-state index contributed by atoms with van der Waals surface area (Å²) in [6, 6.07) is 23.3. The van der Waals surface area contributed by atoms with Gasteiger partial charge in [-0.25, -0.2) is 0 Å². The second kappa shape index (κ2) is 12.2. The third kappa shape index (κ3) is 6.65. The fraction of sp³-hybridized carbons (Fsp3) is 0.424. The maximum Gasteiger partial charge on any atom is 0.160 e. The summed E-state index contributed by atoms with van der Waals surface area (Å²) in [5.74, 6) is 1.15. The van der Waals surface area contributed by atoms with Crippen molar-refractivity contribution in [3.8, 4) is 5.75 Å². The number of ether oxygens (including phenoxy) is 1. The minimum atomic E-state index is -0.0976. The molecule has 0 fully saturated rings. The van der Waals surface area contributed by atoms with Crippen LogP contribution in [0.1, 0.15) is 99.8 Å². The van der Waals surface area contributed by atoms with Crippen molar-refractivity contribution in [2.75, 3.05) is 0 Å². The number of aryl methyl sites for hydroxylation is 1. The molecule has 0 aliphatic rings. The smallest absolute Gasteiger partial charge is 0.160 e. The lowest BCUT2D eigenvalue weighted by Gasteiger charge is -2.37. The molecule has 0 saturated carbocycles. The van der Waals surface area contributed by atoms with Gasteiger partial charge in [-0.3, -0.25) is 4.79 Å². The van der Waals surface area contributed by atoms with Crippen molar-refractivity contribution in [1.29, 1.82) is 0 Å². The zero-order valence-electron chi connectivity index (χ0n) is 23.2. The average molecular weight is 503 g/mol. The van der Waals surface area contributed by atoms with Crippen LogP contribution in [0.15, 0.2) is 66.7 Å². The van der Waals surface area contributed by atoms with Crippen LogP contribution in [0.25, 0.3) is 0 Å². The number of carbonyl (C=O) groups is 1. The van der Waals surface area contributed by atoms with Gasteiger partial charge in [-0.2, -0.15) is 0 Å². The monoisotopic (exact) mass is 502 g/mol. The Morgan fingerprint density at radius 1 is 0.944 bits per heavy atom. The summed E-state index contributed by atoms with van der Waals surface area (Å²) >= 11 is 0. The predicted molar refractivity (Wildman–Crippen MR) is 157 cm³/mol. The number of unbranched alkanes of at least 4 members (excludes halogenated alkanes) is 1. The molecule has 3 rings (SSSR count). The summed E-state index contributed by atoms with van der Waals surface area (Å²) < 4.78 is 6.66. The minimum absolute atomic E-state index is 0.0299. The van der Waals surface area contributed by atoms with Gasteiger partial charge in [0.05, 0.1) is 0 Å². The van der Waals surface area contributed by atoms with Gasteiger partial charge in [0.2, 0.25) is 0 Å². The van der Waals surface area contributed by atoms with Crippen LogP contribution in [0.4, 0.5) is 0 Å². The van der Waals surface area contributed by atoms with Crippen molar-refractivity contribution in [3.05, 3.63) is 94.5 Å². The number of hydrogen-bond donors (Lipinski definition) is 0. The van der Waals surface area contributed by atoms with E-state index in [2.05, 4.69) is 90.1 Å².